The van der Waals surface area contributed by atoms with Gasteiger partial charge in [0.25, 0.3) is 0 Å². The van der Waals surface area contributed by atoms with Gasteiger partial charge < -0.3 is 4.90 Å². The Morgan fingerprint density at radius 2 is 1.55 bits per heavy atom. The normalized spacial score (nSPS) is 15.8. The minimum Gasteiger partial charge on any atom is -0.368 e. The number of nitrogens with zero attached hydrogens (tertiary/aromatic N) is 3. The van der Waals surface area contributed by atoms with E-state index in [1.165, 1.54) is 10.5 Å². The molecule has 4 rings (SSSR count). The highest BCUT2D eigenvalue weighted by Crippen LogP contribution is 2.31. The number of benzene rings is 2. The van der Waals surface area contributed by atoms with Crippen molar-refractivity contribution in [1.29, 1.82) is 0 Å². The topological polar surface area (TPSA) is 53.5 Å². The predicted molar refractivity (Wildman–Crippen MR) is 104 cm³/mol. The molecule has 2 heterocycles. The monoisotopic (exact) mass is 441 g/mol. The van der Waals surface area contributed by atoms with Gasteiger partial charge in [-0.15, -0.1) is 0 Å². The molecule has 0 saturated carbocycles. The van der Waals surface area contributed by atoms with E-state index in [4.69, 9.17) is 11.6 Å². The van der Waals surface area contributed by atoms with Gasteiger partial charge in [0, 0.05) is 32.4 Å². The fraction of sp³-hybridized carbons (Fsp3) is 0.211. The summed E-state index contributed by atoms with van der Waals surface area (Å²) in [5.74, 6) is -1.92. The quantitative estimate of drug-likeness (QED) is 0.620. The van der Waals surface area contributed by atoms with Crippen LogP contribution >= 0.6 is 11.6 Å². The lowest BCUT2D eigenvalue weighted by Gasteiger charge is -2.35. The van der Waals surface area contributed by atoms with Crippen LogP contribution in [0.15, 0.2) is 47.5 Å². The molecule has 0 amide bonds. The SMILES string of the molecule is O=S(=O)(c1ccc(F)c(Cl)c1)N1CCN(c2ccnc3c(F)ccc(F)c23)CC1. The first-order valence-corrected chi connectivity index (χ1v) is 10.5. The average Bonchev–Trinajstić information content (AvgIpc) is 2.72. The highest BCUT2D eigenvalue weighted by atomic mass is 35.5. The molecule has 3 aromatic rings. The zero-order valence-electron chi connectivity index (χ0n) is 14.9. The molecular weight excluding hydrogens is 427 g/mol. The number of sulfonamides is 1. The van der Waals surface area contributed by atoms with Crippen molar-refractivity contribution < 1.29 is 21.6 Å². The summed E-state index contributed by atoms with van der Waals surface area (Å²) in [5, 5.41) is -0.209. The Morgan fingerprint density at radius 1 is 0.897 bits per heavy atom. The largest absolute Gasteiger partial charge is 0.368 e. The van der Waals surface area contributed by atoms with Crippen molar-refractivity contribution in [3.8, 4) is 0 Å². The zero-order chi connectivity index (χ0) is 20.8. The third-order valence-corrected chi connectivity index (χ3v) is 7.06. The number of hydrogen-bond donors (Lipinski definition) is 0. The Morgan fingerprint density at radius 3 is 2.24 bits per heavy atom. The molecule has 0 atom stereocenters. The fourth-order valence-electron chi connectivity index (χ4n) is 3.40. The molecule has 2 aromatic carbocycles. The summed E-state index contributed by atoms with van der Waals surface area (Å²) in [6, 6.07) is 6.89. The number of pyridine rings is 1. The molecule has 10 heteroatoms. The number of rotatable bonds is 3. The smallest absolute Gasteiger partial charge is 0.243 e. The van der Waals surface area contributed by atoms with Crippen LogP contribution in [0.1, 0.15) is 0 Å². The molecule has 0 N–H and O–H groups in total. The van der Waals surface area contributed by atoms with Crippen molar-refractivity contribution in [2.45, 2.75) is 4.90 Å². The van der Waals surface area contributed by atoms with Crippen molar-refractivity contribution in [2.24, 2.45) is 0 Å². The average molecular weight is 442 g/mol. The van der Waals surface area contributed by atoms with Gasteiger partial charge in [-0.1, -0.05) is 11.6 Å². The molecule has 1 fully saturated rings. The van der Waals surface area contributed by atoms with E-state index in [9.17, 15) is 21.6 Å². The van der Waals surface area contributed by atoms with Gasteiger partial charge in [-0.3, -0.25) is 4.98 Å². The van der Waals surface area contributed by atoms with Gasteiger partial charge in [0.2, 0.25) is 10.0 Å². The maximum atomic E-state index is 14.4. The van der Waals surface area contributed by atoms with E-state index in [1.54, 1.807) is 11.0 Å². The second kappa shape index (κ2) is 7.47. The summed E-state index contributed by atoms with van der Waals surface area (Å²) < 4.78 is 68.6. The van der Waals surface area contributed by atoms with E-state index in [0.29, 0.717) is 5.69 Å². The molecule has 5 nitrogen and oxygen atoms in total. The van der Waals surface area contributed by atoms with Crippen LogP contribution in [0.4, 0.5) is 18.9 Å². The molecule has 1 aliphatic heterocycles. The summed E-state index contributed by atoms with van der Waals surface area (Å²) in [4.78, 5) is 5.61. The van der Waals surface area contributed by atoms with Crippen LogP contribution in [-0.4, -0.2) is 43.9 Å². The van der Waals surface area contributed by atoms with E-state index in [1.807, 2.05) is 0 Å². The maximum absolute atomic E-state index is 14.4. The summed E-state index contributed by atoms with van der Waals surface area (Å²) in [7, 11) is -3.86. The molecule has 0 spiro atoms. The van der Waals surface area contributed by atoms with Crippen LogP contribution in [0.5, 0.6) is 0 Å². The summed E-state index contributed by atoms with van der Waals surface area (Å²) in [6.07, 6.45) is 1.39. The van der Waals surface area contributed by atoms with Gasteiger partial charge in [0.05, 0.1) is 21.0 Å². The van der Waals surface area contributed by atoms with Gasteiger partial charge in [-0.2, -0.15) is 4.31 Å². The first kappa shape index (κ1) is 19.9. The summed E-state index contributed by atoms with van der Waals surface area (Å²) in [5.41, 5.74) is 0.382. The Kier molecular flexibility index (Phi) is 5.14. The Labute approximate surface area is 170 Å². The Hall–Kier alpha value is -2.36. The highest BCUT2D eigenvalue weighted by Gasteiger charge is 2.30. The molecule has 0 bridgehead atoms. The molecule has 152 valence electrons. The Balaban J connectivity index is 1.60. The number of aromatic nitrogens is 1. The first-order chi connectivity index (χ1) is 13.8. The minimum absolute atomic E-state index is 0.0640. The van der Waals surface area contributed by atoms with Gasteiger partial charge in [-0.05, 0) is 36.4 Å². The summed E-state index contributed by atoms with van der Waals surface area (Å²) in [6.45, 7) is 0.780. The van der Waals surface area contributed by atoms with Crippen molar-refractivity contribution >= 4 is 38.2 Å². The third-order valence-electron chi connectivity index (χ3n) is 4.88. The lowest BCUT2D eigenvalue weighted by atomic mass is 10.1. The van der Waals surface area contributed by atoms with Crippen LogP contribution in [0.3, 0.4) is 0 Å². The molecule has 1 aliphatic rings. The standard InChI is InChI=1S/C19H15ClF3N3O2S/c20-13-11-12(1-2-14(13)21)29(27,28)26-9-7-25(8-10-26)17-5-6-24-19-16(23)4-3-15(22)18(17)19/h1-6,11H,7-10H2. The summed E-state index contributed by atoms with van der Waals surface area (Å²) >= 11 is 5.71. The molecule has 29 heavy (non-hydrogen) atoms. The Bertz CT molecular complexity index is 1200. The number of piperazine rings is 1. The third kappa shape index (κ3) is 3.54. The van der Waals surface area contributed by atoms with E-state index >= 15 is 0 Å². The predicted octanol–water partition coefficient (Wildman–Crippen LogP) is 3.82. The van der Waals surface area contributed by atoms with Crippen LogP contribution < -0.4 is 4.90 Å². The van der Waals surface area contributed by atoms with Crippen molar-refractivity contribution in [3.05, 3.63) is 65.1 Å². The second-order valence-corrected chi connectivity index (χ2v) is 8.90. The lowest BCUT2D eigenvalue weighted by molar-refractivity contribution is 0.385. The lowest BCUT2D eigenvalue weighted by Crippen LogP contribution is -2.48. The fourth-order valence-corrected chi connectivity index (χ4v) is 5.09. The molecule has 1 saturated heterocycles. The maximum Gasteiger partial charge on any atom is 0.243 e. The van der Waals surface area contributed by atoms with Gasteiger partial charge in [0.15, 0.2) is 0 Å². The van der Waals surface area contributed by atoms with Gasteiger partial charge in [-0.25, -0.2) is 21.6 Å². The van der Waals surface area contributed by atoms with Crippen LogP contribution in [0, 0.1) is 17.5 Å². The van der Waals surface area contributed by atoms with E-state index in [2.05, 4.69) is 4.98 Å². The second-order valence-electron chi connectivity index (χ2n) is 6.55. The number of hydrogen-bond acceptors (Lipinski definition) is 4. The van der Waals surface area contributed by atoms with Crippen molar-refractivity contribution in [1.82, 2.24) is 9.29 Å². The first-order valence-electron chi connectivity index (χ1n) is 8.72. The highest BCUT2D eigenvalue weighted by molar-refractivity contribution is 7.89. The molecule has 1 aromatic heterocycles. The van der Waals surface area contributed by atoms with Crippen LogP contribution in [-0.2, 0) is 10.0 Å². The van der Waals surface area contributed by atoms with E-state index in [-0.39, 0.29) is 47.0 Å². The van der Waals surface area contributed by atoms with Gasteiger partial charge in [0.1, 0.15) is 23.0 Å². The molecule has 0 radical (unpaired) electrons. The van der Waals surface area contributed by atoms with Gasteiger partial charge >= 0.3 is 0 Å². The number of anilines is 1. The zero-order valence-corrected chi connectivity index (χ0v) is 16.5. The van der Waals surface area contributed by atoms with Crippen molar-refractivity contribution in [2.75, 3.05) is 31.1 Å². The van der Waals surface area contributed by atoms with Crippen molar-refractivity contribution in [3.63, 3.8) is 0 Å². The molecule has 0 aliphatic carbocycles. The van der Waals surface area contributed by atoms with Crippen LogP contribution in [0.2, 0.25) is 5.02 Å². The van der Waals surface area contributed by atoms with Crippen LogP contribution in [0.25, 0.3) is 10.9 Å². The van der Waals surface area contributed by atoms with E-state index < -0.39 is 27.5 Å². The molecular formula is C19H15ClF3N3O2S. The number of fused-ring (bicyclic) bond motifs is 1. The number of halogens is 4. The molecule has 0 unspecified atom stereocenters. The van der Waals surface area contributed by atoms with E-state index in [0.717, 1.165) is 30.3 Å². The minimum atomic E-state index is -3.86.